The predicted octanol–water partition coefficient (Wildman–Crippen LogP) is 4.34. The molecule has 1 aromatic heterocycles. The van der Waals surface area contributed by atoms with Crippen molar-refractivity contribution >= 4 is 29.9 Å². The van der Waals surface area contributed by atoms with Gasteiger partial charge in [0.25, 0.3) is 0 Å². The number of benzene rings is 2. The van der Waals surface area contributed by atoms with Gasteiger partial charge in [-0.1, -0.05) is 60.2 Å². The van der Waals surface area contributed by atoms with Gasteiger partial charge in [0.1, 0.15) is 0 Å². The summed E-state index contributed by atoms with van der Waals surface area (Å²) >= 11 is 0. The van der Waals surface area contributed by atoms with Gasteiger partial charge in [-0.3, -0.25) is 9.67 Å². The lowest BCUT2D eigenvalue weighted by Gasteiger charge is -2.12. The van der Waals surface area contributed by atoms with Crippen LogP contribution in [0.3, 0.4) is 0 Å². The number of aliphatic imine (C=N–C) groups is 1. The Bertz CT molecular complexity index is 930. The van der Waals surface area contributed by atoms with E-state index in [1.54, 1.807) is 7.05 Å². The maximum atomic E-state index is 4.73. The standard InChI is InChI=1S/C23H29N5.HI/c1-17-10-12-20(13-11-17)14-25-23(24-4)26-15-22-18(2)27-28(19(22)3)16-21-8-6-5-7-9-21;/h5-13H,14-16H2,1-4H3,(H2,24,25,26);1H. The zero-order valence-electron chi connectivity index (χ0n) is 17.6. The second-order valence-corrected chi connectivity index (χ2v) is 7.06. The zero-order valence-corrected chi connectivity index (χ0v) is 19.9. The third kappa shape index (κ3) is 6.32. The van der Waals surface area contributed by atoms with Crippen LogP contribution >= 0.6 is 24.0 Å². The summed E-state index contributed by atoms with van der Waals surface area (Å²) in [6.07, 6.45) is 0. The van der Waals surface area contributed by atoms with Crippen molar-refractivity contribution in [2.24, 2.45) is 4.99 Å². The minimum absolute atomic E-state index is 0. The highest BCUT2D eigenvalue weighted by atomic mass is 127. The summed E-state index contributed by atoms with van der Waals surface area (Å²) in [4.78, 5) is 4.34. The Morgan fingerprint density at radius 1 is 0.897 bits per heavy atom. The van der Waals surface area contributed by atoms with Crippen molar-refractivity contribution in [1.82, 2.24) is 20.4 Å². The summed E-state index contributed by atoms with van der Waals surface area (Å²) in [7, 11) is 1.79. The number of aryl methyl sites for hydroxylation is 2. The number of rotatable bonds is 6. The summed E-state index contributed by atoms with van der Waals surface area (Å²) < 4.78 is 2.07. The average Bonchev–Trinajstić information content (AvgIpc) is 2.97. The number of hydrogen-bond donors (Lipinski definition) is 2. The number of halogens is 1. The van der Waals surface area contributed by atoms with Crippen LogP contribution in [-0.2, 0) is 19.6 Å². The van der Waals surface area contributed by atoms with E-state index in [-0.39, 0.29) is 24.0 Å². The van der Waals surface area contributed by atoms with Crippen LogP contribution in [0, 0.1) is 20.8 Å². The Labute approximate surface area is 190 Å². The molecule has 0 bridgehead atoms. The minimum Gasteiger partial charge on any atom is -0.352 e. The highest BCUT2D eigenvalue weighted by molar-refractivity contribution is 14.0. The smallest absolute Gasteiger partial charge is 0.191 e. The molecule has 0 aliphatic carbocycles. The highest BCUT2D eigenvalue weighted by Gasteiger charge is 2.12. The molecule has 2 N–H and O–H groups in total. The van der Waals surface area contributed by atoms with E-state index in [1.165, 1.54) is 27.9 Å². The summed E-state index contributed by atoms with van der Waals surface area (Å²) in [5, 5.41) is 11.5. The summed E-state index contributed by atoms with van der Waals surface area (Å²) in [5.74, 6) is 0.787. The van der Waals surface area contributed by atoms with Crippen LogP contribution in [0.2, 0.25) is 0 Å². The first kappa shape index (κ1) is 22.9. The summed E-state index contributed by atoms with van der Waals surface area (Å²) in [6.45, 7) is 8.51. The van der Waals surface area contributed by atoms with Crippen LogP contribution in [0.15, 0.2) is 59.6 Å². The lowest BCUT2D eigenvalue weighted by atomic mass is 10.1. The minimum atomic E-state index is 0. The van der Waals surface area contributed by atoms with E-state index in [4.69, 9.17) is 5.10 Å². The normalized spacial score (nSPS) is 11.1. The van der Waals surface area contributed by atoms with Gasteiger partial charge >= 0.3 is 0 Å². The maximum absolute atomic E-state index is 4.73. The van der Waals surface area contributed by atoms with Crippen molar-refractivity contribution in [1.29, 1.82) is 0 Å². The number of guanidine groups is 1. The van der Waals surface area contributed by atoms with E-state index in [1.807, 2.05) is 6.07 Å². The van der Waals surface area contributed by atoms with Gasteiger partial charge in [-0.25, -0.2) is 0 Å². The van der Waals surface area contributed by atoms with E-state index in [2.05, 4.69) is 89.6 Å². The molecular formula is C23H30IN5. The Hall–Kier alpha value is -2.35. The van der Waals surface area contributed by atoms with Crippen molar-refractivity contribution in [3.63, 3.8) is 0 Å². The molecule has 2 aromatic carbocycles. The number of nitrogens with one attached hydrogen (secondary N) is 2. The summed E-state index contributed by atoms with van der Waals surface area (Å²) in [5.41, 5.74) is 7.21. The number of hydrogen-bond acceptors (Lipinski definition) is 2. The molecule has 3 rings (SSSR count). The molecule has 5 nitrogen and oxygen atoms in total. The SMILES string of the molecule is CN=C(NCc1ccc(C)cc1)NCc1c(C)nn(Cc2ccccc2)c1C.I. The monoisotopic (exact) mass is 503 g/mol. The quantitative estimate of drug-likeness (QED) is 0.299. The van der Waals surface area contributed by atoms with Gasteiger partial charge in [0.05, 0.1) is 12.2 Å². The molecule has 0 spiro atoms. The van der Waals surface area contributed by atoms with Gasteiger partial charge in [0, 0.05) is 31.4 Å². The van der Waals surface area contributed by atoms with Gasteiger partial charge in [0.2, 0.25) is 0 Å². The van der Waals surface area contributed by atoms with Crippen LogP contribution in [0.5, 0.6) is 0 Å². The fraction of sp³-hybridized carbons (Fsp3) is 0.304. The molecular weight excluding hydrogens is 473 g/mol. The number of nitrogens with zero attached hydrogens (tertiary/aromatic N) is 3. The molecule has 0 saturated heterocycles. The Morgan fingerprint density at radius 3 is 2.21 bits per heavy atom. The number of aromatic nitrogens is 2. The fourth-order valence-electron chi connectivity index (χ4n) is 3.18. The topological polar surface area (TPSA) is 54.2 Å². The predicted molar refractivity (Wildman–Crippen MR) is 131 cm³/mol. The average molecular weight is 503 g/mol. The largest absolute Gasteiger partial charge is 0.352 e. The van der Waals surface area contributed by atoms with Crippen molar-refractivity contribution in [2.45, 2.75) is 40.4 Å². The van der Waals surface area contributed by atoms with Crippen LogP contribution < -0.4 is 10.6 Å². The van der Waals surface area contributed by atoms with Gasteiger partial charge in [0.15, 0.2) is 5.96 Å². The van der Waals surface area contributed by atoms with Crippen LogP contribution in [-0.4, -0.2) is 22.8 Å². The fourth-order valence-corrected chi connectivity index (χ4v) is 3.18. The van der Waals surface area contributed by atoms with Gasteiger partial charge < -0.3 is 10.6 Å². The van der Waals surface area contributed by atoms with Crippen molar-refractivity contribution in [3.8, 4) is 0 Å². The van der Waals surface area contributed by atoms with Gasteiger partial charge in [-0.15, -0.1) is 24.0 Å². The molecule has 1 heterocycles. The molecule has 0 atom stereocenters. The van der Waals surface area contributed by atoms with E-state index in [0.29, 0.717) is 6.54 Å². The second-order valence-electron chi connectivity index (χ2n) is 7.06. The van der Waals surface area contributed by atoms with E-state index >= 15 is 0 Å². The Balaban J connectivity index is 0.00000300. The maximum Gasteiger partial charge on any atom is 0.191 e. The van der Waals surface area contributed by atoms with Crippen LogP contribution in [0.25, 0.3) is 0 Å². The van der Waals surface area contributed by atoms with Crippen LogP contribution in [0.4, 0.5) is 0 Å². The summed E-state index contributed by atoms with van der Waals surface area (Å²) in [6, 6.07) is 18.9. The molecule has 0 saturated carbocycles. The van der Waals surface area contributed by atoms with Crippen molar-refractivity contribution in [3.05, 3.63) is 88.2 Å². The van der Waals surface area contributed by atoms with E-state index in [9.17, 15) is 0 Å². The van der Waals surface area contributed by atoms with Crippen molar-refractivity contribution in [2.75, 3.05) is 7.05 Å². The van der Waals surface area contributed by atoms with Crippen LogP contribution in [0.1, 0.15) is 33.6 Å². The Kier molecular flexibility index (Phi) is 8.70. The molecule has 3 aromatic rings. The molecule has 0 aliphatic heterocycles. The first-order chi connectivity index (χ1) is 13.6. The Morgan fingerprint density at radius 2 is 1.55 bits per heavy atom. The molecule has 0 unspecified atom stereocenters. The van der Waals surface area contributed by atoms with Gasteiger partial charge in [-0.05, 0) is 31.9 Å². The first-order valence-electron chi connectivity index (χ1n) is 9.63. The van der Waals surface area contributed by atoms with Gasteiger partial charge in [-0.2, -0.15) is 5.10 Å². The van der Waals surface area contributed by atoms with Crippen molar-refractivity contribution < 1.29 is 0 Å². The van der Waals surface area contributed by atoms with E-state index < -0.39 is 0 Å². The molecule has 154 valence electrons. The zero-order chi connectivity index (χ0) is 19.9. The molecule has 0 amide bonds. The molecule has 0 fully saturated rings. The lowest BCUT2D eigenvalue weighted by Crippen LogP contribution is -2.36. The molecule has 0 radical (unpaired) electrons. The first-order valence-corrected chi connectivity index (χ1v) is 9.63. The third-order valence-corrected chi connectivity index (χ3v) is 4.94. The molecule has 6 heteroatoms. The van der Waals surface area contributed by atoms with E-state index in [0.717, 1.165) is 24.7 Å². The third-order valence-electron chi connectivity index (χ3n) is 4.94. The second kappa shape index (κ2) is 11.0. The lowest BCUT2D eigenvalue weighted by molar-refractivity contribution is 0.657. The highest BCUT2D eigenvalue weighted by Crippen LogP contribution is 2.14. The molecule has 0 aliphatic rings. The molecule has 29 heavy (non-hydrogen) atoms.